The molecular formula is C17H19ClFN3O2S. The topological polar surface area (TPSA) is 53.5 Å². The van der Waals surface area contributed by atoms with Gasteiger partial charge in [0.2, 0.25) is 10.0 Å². The summed E-state index contributed by atoms with van der Waals surface area (Å²) in [6, 6.07) is 9.76. The van der Waals surface area contributed by atoms with Gasteiger partial charge in [-0.3, -0.25) is 0 Å². The number of hydrogen-bond acceptors (Lipinski definition) is 4. The SMILES string of the molecule is O=S(=O)(Cc1cccc(Cl)c1)N1CCCN(c2ncccc2F)CC1. The Morgan fingerprint density at radius 2 is 1.96 bits per heavy atom. The van der Waals surface area contributed by atoms with Gasteiger partial charge in [-0.15, -0.1) is 0 Å². The molecule has 0 spiro atoms. The lowest BCUT2D eigenvalue weighted by Crippen LogP contribution is -2.36. The summed E-state index contributed by atoms with van der Waals surface area (Å²) in [5.41, 5.74) is 0.657. The van der Waals surface area contributed by atoms with E-state index in [4.69, 9.17) is 11.6 Å². The number of aromatic nitrogens is 1. The largest absolute Gasteiger partial charge is 0.353 e. The van der Waals surface area contributed by atoms with Crippen molar-refractivity contribution in [3.8, 4) is 0 Å². The van der Waals surface area contributed by atoms with Crippen molar-refractivity contribution in [2.75, 3.05) is 31.1 Å². The summed E-state index contributed by atoms with van der Waals surface area (Å²) in [6.07, 6.45) is 2.15. The van der Waals surface area contributed by atoms with Crippen LogP contribution in [0.25, 0.3) is 0 Å². The molecule has 0 amide bonds. The Morgan fingerprint density at radius 3 is 2.72 bits per heavy atom. The molecule has 25 heavy (non-hydrogen) atoms. The number of rotatable bonds is 4. The molecule has 2 aromatic rings. The van der Waals surface area contributed by atoms with Crippen LogP contribution < -0.4 is 4.90 Å². The second-order valence-electron chi connectivity index (χ2n) is 5.93. The van der Waals surface area contributed by atoms with Crippen LogP contribution >= 0.6 is 11.6 Å². The predicted octanol–water partition coefficient (Wildman–Crippen LogP) is 2.92. The second kappa shape index (κ2) is 7.68. The van der Waals surface area contributed by atoms with Crippen LogP contribution in [0.4, 0.5) is 10.2 Å². The zero-order valence-corrected chi connectivity index (χ0v) is 15.2. The first-order valence-electron chi connectivity index (χ1n) is 8.03. The van der Waals surface area contributed by atoms with E-state index < -0.39 is 15.8 Å². The van der Waals surface area contributed by atoms with Crippen molar-refractivity contribution < 1.29 is 12.8 Å². The smallest absolute Gasteiger partial charge is 0.218 e. The first-order chi connectivity index (χ1) is 12.0. The number of halogens is 2. The van der Waals surface area contributed by atoms with Crippen LogP contribution in [0.15, 0.2) is 42.6 Å². The molecule has 1 aliphatic rings. The quantitative estimate of drug-likeness (QED) is 0.814. The fourth-order valence-electron chi connectivity index (χ4n) is 2.92. The fourth-order valence-corrected chi connectivity index (χ4v) is 4.69. The fraction of sp³-hybridized carbons (Fsp3) is 0.353. The molecule has 0 unspecified atom stereocenters. The van der Waals surface area contributed by atoms with Gasteiger partial charge in [-0.25, -0.2) is 17.8 Å². The molecule has 1 fully saturated rings. The first kappa shape index (κ1) is 18.1. The minimum atomic E-state index is -3.46. The highest BCUT2D eigenvalue weighted by Gasteiger charge is 2.26. The molecule has 0 bridgehead atoms. The van der Waals surface area contributed by atoms with Crippen LogP contribution in [0.5, 0.6) is 0 Å². The van der Waals surface area contributed by atoms with Gasteiger partial charge in [0.05, 0.1) is 5.75 Å². The van der Waals surface area contributed by atoms with E-state index in [1.54, 1.807) is 35.2 Å². The number of hydrogen-bond donors (Lipinski definition) is 0. The maximum Gasteiger partial charge on any atom is 0.218 e. The Labute approximate surface area is 152 Å². The first-order valence-corrected chi connectivity index (χ1v) is 10.0. The second-order valence-corrected chi connectivity index (χ2v) is 8.34. The summed E-state index contributed by atoms with van der Waals surface area (Å²) < 4.78 is 40.8. The van der Waals surface area contributed by atoms with E-state index in [0.717, 1.165) is 0 Å². The average molecular weight is 384 g/mol. The van der Waals surface area contributed by atoms with Gasteiger partial charge in [-0.05, 0) is 36.2 Å². The van der Waals surface area contributed by atoms with E-state index in [1.165, 1.54) is 16.6 Å². The minimum absolute atomic E-state index is 0.0918. The van der Waals surface area contributed by atoms with Crippen LogP contribution in [0.3, 0.4) is 0 Å². The Morgan fingerprint density at radius 1 is 1.12 bits per heavy atom. The third-order valence-corrected chi connectivity index (χ3v) is 6.21. The van der Waals surface area contributed by atoms with E-state index in [0.29, 0.717) is 43.2 Å². The van der Waals surface area contributed by atoms with Gasteiger partial charge < -0.3 is 4.90 Å². The summed E-state index contributed by atoms with van der Waals surface area (Å²) in [5, 5.41) is 0.514. The Hall–Kier alpha value is -1.70. The van der Waals surface area contributed by atoms with Crippen LogP contribution in [0.1, 0.15) is 12.0 Å². The van der Waals surface area contributed by atoms with Crippen LogP contribution in [0, 0.1) is 5.82 Å². The predicted molar refractivity (Wildman–Crippen MR) is 96.7 cm³/mol. The normalized spacial score (nSPS) is 16.6. The average Bonchev–Trinajstić information content (AvgIpc) is 2.81. The van der Waals surface area contributed by atoms with Crippen molar-refractivity contribution in [3.63, 3.8) is 0 Å². The molecule has 2 heterocycles. The molecule has 0 aliphatic carbocycles. The highest BCUT2D eigenvalue weighted by atomic mass is 35.5. The van der Waals surface area contributed by atoms with E-state index in [1.807, 2.05) is 0 Å². The molecular weight excluding hydrogens is 365 g/mol. The van der Waals surface area contributed by atoms with Crippen molar-refractivity contribution >= 4 is 27.4 Å². The summed E-state index contributed by atoms with van der Waals surface area (Å²) in [6.45, 7) is 1.69. The summed E-state index contributed by atoms with van der Waals surface area (Å²) >= 11 is 5.93. The maximum absolute atomic E-state index is 13.9. The summed E-state index contributed by atoms with van der Waals surface area (Å²) in [7, 11) is -3.46. The molecule has 0 radical (unpaired) electrons. The van der Waals surface area contributed by atoms with Gasteiger partial charge in [0.15, 0.2) is 11.6 Å². The van der Waals surface area contributed by atoms with Gasteiger partial charge in [-0.2, -0.15) is 4.31 Å². The zero-order chi connectivity index (χ0) is 17.9. The van der Waals surface area contributed by atoms with E-state index in [2.05, 4.69) is 4.98 Å². The van der Waals surface area contributed by atoms with E-state index in [-0.39, 0.29) is 11.6 Å². The molecule has 3 rings (SSSR count). The van der Waals surface area contributed by atoms with Crippen LogP contribution in [-0.2, 0) is 15.8 Å². The number of pyridine rings is 1. The molecule has 8 heteroatoms. The van der Waals surface area contributed by atoms with Crippen LogP contribution in [0.2, 0.25) is 5.02 Å². The molecule has 0 saturated carbocycles. The zero-order valence-electron chi connectivity index (χ0n) is 13.6. The monoisotopic (exact) mass is 383 g/mol. The highest BCUT2D eigenvalue weighted by molar-refractivity contribution is 7.88. The lowest BCUT2D eigenvalue weighted by molar-refractivity contribution is 0.432. The molecule has 5 nitrogen and oxygen atoms in total. The number of anilines is 1. The van der Waals surface area contributed by atoms with Gasteiger partial charge in [0, 0.05) is 37.4 Å². The van der Waals surface area contributed by atoms with Crippen molar-refractivity contribution in [1.82, 2.24) is 9.29 Å². The van der Waals surface area contributed by atoms with E-state index >= 15 is 0 Å². The standard InChI is InChI=1S/C17H19ClFN3O2S/c18-15-5-1-4-14(12-15)13-25(23,24)22-9-3-8-21(10-11-22)17-16(19)6-2-7-20-17/h1-2,4-7,12H,3,8-11,13H2. The minimum Gasteiger partial charge on any atom is -0.353 e. The van der Waals surface area contributed by atoms with Crippen molar-refractivity contribution in [1.29, 1.82) is 0 Å². The van der Waals surface area contributed by atoms with Crippen molar-refractivity contribution in [2.45, 2.75) is 12.2 Å². The maximum atomic E-state index is 13.9. The Bertz CT molecular complexity index is 847. The molecule has 0 atom stereocenters. The molecule has 1 saturated heterocycles. The summed E-state index contributed by atoms with van der Waals surface area (Å²) in [4.78, 5) is 5.87. The molecule has 1 aliphatic heterocycles. The summed E-state index contributed by atoms with van der Waals surface area (Å²) in [5.74, 6) is -0.208. The van der Waals surface area contributed by atoms with Crippen molar-refractivity contribution in [2.24, 2.45) is 0 Å². The lowest BCUT2D eigenvalue weighted by atomic mass is 10.2. The number of nitrogens with zero attached hydrogens (tertiary/aromatic N) is 3. The molecule has 0 N–H and O–H groups in total. The molecule has 1 aromatic heterocycles. The van der Waals surface area contributed by atoms with Crippen LogP contribution in [-0.4, -0.2) is 43.9 Å². The van der Waals surface area contributed by atoms with Gasteiger partial charge >= 0.3 is 0 Å². The number of benzene rings is 1. The Kier molecular flexibility index (Phi) is 5.56. The van der Waals surface area contributed by atoms with Gasteiger partial charge in [0.1, 0.15) is 0 Å². The molecule has 1 aromatic carbocycles. The lowest BCUT2D eigenvalue weighted by Gasteiger charge is -2.23. The van der Waals surface area contributed by atoms with Gasteiger partial charge in [0.25, 0.3) is 0 Å². The Balaban J connectivity index is 1.71. The number of sulfonamides is 1. The highest BCUT2D eigenvalue weighted by Crippen LogP contribution is 2.20. The molecule has 134 valence electrons. The van der Waals surface area contributed by atoms with Gasteiger partial charge in [-0.1, -0.05) is 23.7 Å². The third-order valence-electron chi connectivity index (χ3n) is 4.12. The van der Waals surface area contributed by atoms with Crippen molar-refractivity contribution in [3.05, 3.63) is 59.0 Å². The van der Waals surface area contributed by atoms with E-state index in [9.17, 15) is 12.8 Å². The third kappa shape index (κ3) is 4.48.